The summed E-state index contributed by atoms with van der Waals surface area (Å²) >= 11 is 0. The first-order chi connectivity index (χ1) is 5.77. The first kappa shape index (κ1) is 11.7. The van der Waals surface area contributed by atoms with Crippen molar-refractivity contribution in [1.82, 2.24) is 0 Å². The van der Waals surface area contributed by atoms with Crippen molar-refractivity contribution in [1.29, 1.82) is 0 Å². The Morgan fingerprint density at radius 1 is 1.17 bits per heavy atom. The Morgan fingerprint density at radius 3 is 2.50 bits per heavy atom. The Labute approximate surface area is 76.5 Å². The number of unbranched alkanes of at least 4 members (excludes halogenated alkanes) is 3. The van der Waals surface area contributed by atoms with Crippen molar-refractivity contribution < 1.29 is 5.11 Å². The maximum Gasteiger partial charge on any atom is 0.0512 e. The van der Waals surface area contributed by atoms with Crippen LogP contribution in [-0.4, -0.2) is 11.2 Å². The van der Waals surface area contributed by atoms with E-state index in [4.69, 9.17) is 5.11 Å². The fourth-order valence-corrected chi connectivity index (χ4v) is 1.16. The lowest BCUT2D eigenvalue weighted by molar-refractivity contribution is 0.180. The molecule has 0 heterocycles. The second-order valence-corrected chi connectivity index (χ2v) is 3.37. The molecule has 0 aliphatic carbocycles. The van der Waals surface area contributed by atoms with Gasteiger partial charge in [0.1, 0.15) is 0 Å². The molecule has 0 aromatic heterocycles. The van der Waals surface area contributed by atoms with E-state index in [2.05, 4.69) is 19.1 Å². The summed E-state index contributed by atoms with van der Waals surface area (Å²) in [6, 6.07) is 0. The standard InChI is InChI=1S/C11H22O/c1-3-4-5-6-7-8-9-10-11(2)12/h4-5,11-12H,3,6-10H2,1-2H3/b5-4-/t11-/m0/s1. The Morgan fingerprint density at radius 2 is 1.92 bits per heavy atom. The molecule has 1 N–H and O–H groups in total. The van der Waals surface area contributed by atoms with Gasteiger partial charge in [-0.25, -0.2) is 0 Å². The molecule has 0 saturated carbocycles. The molecule has 0 aromatic carbocycles. The topological polar surface area (TPSA) is 20.2 Å². The fourth-order valence-electron chi connectivity index (χ4n) is 1.16. The van der Waals surface area contributed by atoms with Gasteiger partial charge in [-0.05, 0) is 32.6 Å². The maximum absolute atomic E-state index is 8.98. The van der Waals surface area contributed by atoms with Crippen LogP contribution in [0.15, 0.2) is 12.2 Å². The summed E-state index contributed by atoms with van der Waals surface area (Å²) in [5, 5.41) is 8.98. The van der Waals surface area contributed by atoms with Crippen molar-refractivity contribution in [3.63, 3.8) is 0 Å². The van der Waals surface area contributed by atoms with Gasteiger partial charge in [0, 0.05) is 0 Å². The number of hydrogen-bond acceptors (Lipinski definition) is 1. The molecule has 72 valence electrons. The van der Waals surface area contributed by atoms with Gasteiger partial charge in [0.25, 0.3) is 0 Å². The highest BCUT2D eigenvalue weighted by Gasteiger charge is 1.93. The van der Waals surface area contributed by atoms with Crippen molar-refractivity contribution in [3.05, 3.63) is 12.2 Å². The smallest absolute Gasteiger partial charge is 0.0512 e. The summed E-state index contributed by atoms with van der Waals surface area (Å²) in [6.07, 6.45) is 11.3. The molecule has 0 unspecified atom stereocenters. The van der Waals surface area contributed by atoms with Gasteiger partial charge < -0.3 is 5.11 Å². The zero-order valence-electron chi connectivity index (χ0n) is 8.42. The van der Waals surface area contributed by atoms with Gasteiger partial charge in [-0.3, -0.25) is 0 Å². The van der Waals surface area contributed by atoms with Crippen LogP contribution < -0.4 is 0 Å². The lowest BCUT2D eigenvalue weighted by Gasteiger charge is -2.01. The summed E-state index contributed by atoms with van der Waals surface area (Å²) in [4.78, 5) is 0. The highest BCUT2D eigenvalue weighted by molar-refractivity contribution is 4.79. The van der Waals surface area contributed by atoms with Gasteiger partial charge in [0.05, 0.1) is 6.10 Å². The van der Waals surface area contributed by atoms with Gasteiger partial charge in [-0.2, -0.15) is 0 Å². The van der Waals surface area contributed by atoms with Crippen LogP contribution in [0.2, 0.25) is 0 Å². The van der Waals surface area contributed by atoms with Crippen molar-refractivity contribution in [2.75, 3.05) is 0 Å². The highest BCUT2D eigenvalue weighted by atomic mass is 16.3. The zero-order valence-corrected chi connectivity index (χ0v) is 8.42. The van der Waals surface area contributed by atoms with Crippen molar-refractivity contribution in [2.24, 2.45) is 0 Å². The minimum Gasteiger partial charge on any atom is -0.393 e. The normalized spacial score (nSPS) is 13.9. The molecular formula is C11H22O. The molecule has 0 bridgehead atoms. The van der Waals surface area contributed by atoms with E-state index in [0.29, 0.717) is 0 Å². The average Bonchev–Trinajstić information content (AvgIpc) is 2.02. The molecule has 0 saturated heterocycles. The van der Waals surface area contributed by atoms with Crippen molar-refractivity contribution >= 4 is 0 Å². The third-order valence-electron chi connectivity index (χ3n) is 1.90. The number of rotatable bonds is 7. The van der Waals surface area contributed by atoms with Crippen LogP contribution in [0.25, 0.3) is 0 Å². The van der Waals surface area contributed by atoms with E-state index in [1.165, 1.54) is 19.3 Å². The summed E-state index contributed by atoms with van der Waals surface area (Å²) in [6.45, 7) is 4.01. The van der Waals surface area contributed by atoms with Gasteiger partial charge in [0.15, 0.2) is 0 Å². The van der Waals surface area contributed by atoms with E-state index in [9.17, 15) is 0 Å². The van der Waals surface area contributed by atoms with Crippen LogP contribution in [0, 0.1) is 0 Å². The van der Waals surface area contributed by atoms with Crippen molar-refractivity contribution in [3.8, 4) is 0 Å². The lowest BCUT2D eigenvalue weighted by Crippen LogP contribution is -1.97. The third-order valence-corrected chi connectivity index (χ3v) is 1.90. The van der Waals surface area contributed by atoms with Gasteiger partial charge in [-0.1, -0.05) is 31.9 Å². The third kappa shape index (κ3) is 9.70. The highest BCUT2D eigenvalue weighted by Crippen LogP contribution is 2.05. The van der Waals surface area contributed by atoms with Crippen LogP contribution in [0.3, 0.4) is 0 Å². The number of allylic oxidation sites excluding steroid dienone is 2. The lowest BCUT2D eigenvalue weighted by atomic mass is 10.1. The van der Waals surface area contributed by atoms with Crippen molar-refractivity contribution in [2.45, 2.75) is 58.5 Å². The Balaban J connectivity index is 2.96. The summed E-state index contributed by atoms with van der Waals surface area (Å²) in [5.74, 6) is 0. The molecule has 1 heteroatoms. The second-order valence-electron chi connectivity index (χ2n) is 3.37. The number of aliphatic hydroxyl groups is 1. The number of aliphatic hydroxyl groups excluding tert-OH is 1. The molecule has 1 nitrogen and oxygen atoms in total. The molecular weight excluding hydrogens is 148 g/mol. The van der Waals surface area contributed by atoms with Crippen LogP contribution in [0.5, 0.6) is 0 Å². The Kier molecular flexibility index (Phi) is 8.57. The van der Waals surface area contributed by atoms with E-state index >= 15 is 0 Å². The van der Waals surface area contributed by atoms with Crippen LogP contribution in [-0.2, 0) is 0 Å². The molecule has 0 fully saturated rings. The van der Waals surface area contributed by atoms with Gasteiger partial charge in [0.2, 0.25) is 0 Å². The van der Waals surface area contributed by atoms with Crippen LogP contribution >= 0.6 is 0 Å². The SMILES string of the molecule is CC/C=C\CCCCC[C@H](C)O. The summed E-state index contributed by atoms with van der Waals surface area (Å²) in [5.41, 5.74) is 0. The van der Waals surface area contributed by atoms with Crippen LogP contribution in [0.1, 0.15) is 52.4 Å². The molecule has 0 aliphatic rings. The Hall–Kier alpha value is -0.300. The fraction of sp³-hybridized carbons (Fsp3) is 0.818. The van der Waals surface area contributed by atoms with E-state index in [-0.39, 0.29) is 6.10 Å². The monoisotopic (exact) mass is 170 g/mol. The zero-order chi connectivity index (χ0) is 9.23. The molecule has 1 atom stereocenters. The molecule has 0 amide bonds. The molecule has 0 spiro atoms. The minimum absolute atomic E-state index is 0.115. The first-order valence-electron chi connectivity index (χ1n) is 5.10. The predicted octanol–water partition coefficient (Wildman–Crippen LogP) is 3.28. The molecule has 0 aliphatic heterocycles. The molecule has 0 aromatic rings. The largest absolute Gasteiger partial charge is 0.393 e. The maximum atomic E-state index is 8.98. The molecule has 12 heavy (non-hydrogen) atoms. The van der Waals surface area contributed by atoms with Gasteiger partial charge in [-0.15, -0.1) is 0 Å². The first-order valence-corrected chi connectivity index (χ1v) is 5.10. The van der Waals surface area contributed by atoms with Crippen LogP contribution in [0.4, 0.5) is 0 Å². The quantitative estimate of drug-likeness (QED) is 0.459. The van der Waals surface area contributed by atoms with E-state index in [1.54, 1.807) is 0 Å². The predicted molar refractivity (Wildman–Crippen MR) is 54.2 cm³/mol. The Bertz CT molecular complexity index is 106. The summed E-state index contributed by atoms with van der Waals surface area (Å²) < 4.78 is 0. The average molecular weight is 170 g/mol. The molecule has 0 radical (unpaired) electrons. The minimum atomic E-state index is -0.115. The van der Waals surface area contributed by atoms with Gasteiger partial charge >= 0.3 is 0 Å². The number of hydrogen-bond donors (Lipinski definition) is 1. The second kappa shape index (κ2) is 8.79. The molecule has 0 rings (SSSR count). The van der Waals surface area contributed by atoms with E-state index in [1.807, 2.05) is 6.92 Å². The van der Waals surface area contributed by atoms with E-state index in [0.717, 1.165) is 19.3 Å². The summed E-state index contributed by atoms with van der Waals surface area (Å²) in [7, 11) is 0. The van der Waals surface area contributed by atoms with E-state index < -0.39 is 0 Å².